The Kier molecular flexibility index (Phi) is 1.96. The Morgan fingerprint density at radius 3 is 1.60 bits per heavy atom. The summed E-state index contributed by atoms with van der Waals surface area (Å²) < 4.78 is 8.92. The van der Waals surface area contributed by atoms with E-state index in [1.807, 2.05) is 0 Å². The molecule has 2 heterocycles. The Morgan fingerprint density at radius 2 is 1.60 bits per heavy atom. The lowest BCUT2D eigenvalue weighted by molar-refractivity contribution is -0.150. The molecule has 0 aromatic heterocycles. The molecule has 0 bridgehead atoms. The summed E-state index contributed by atoms with van der Waals surface area (Å²) in [7, 11) is 0. The molecular formula is C6H12O4. The zero-order chi connectivity index (χ0) is 7.78. The molecule has 0 spiro atoms. The van der Waals surface area contributed by atoms with E-state index in [0.29, 0.717) is 6.10 Å². The van der Waals surface area contributed by atoms with Gasteiger partial charge in [0, 0.05) is 0 Å². The largest absolute Gasteiger partial charge is 0.373 e. The first-order valence-corrected chi connectivity index (χ1v) is 3.26. The van der Waals surface area contributed by atoms with Gasteiger partial charge in [-0.2, -0.15) is 0 Å². The maximum absolute atomic E-state index is 8.23. The van der Waals surface area contributed by atoms with Crippen LogP contribution in [0.1, 0.15) is 13.8 Å². The molecule has 0 aromatic rings. The van der Waals surface area contributed by atoms with Crippen LogP contribution < -0.4 is 0 Å². The molecule has 0 aliphatic carbocycles. The number of aliphatic hydroxyl groups is 2. The topological polar surface area (TPSA) is 65.5 Å². The number of rotatable bonds is 0. The van der Waals surface area contributed by atoms with E-state index in [2.05, 4.69) is 11.7 Å². The molecule has 0 amide bonds. The summed E-state index contributed by atoms with van der Waals surface area (Å²) in [6.07, 6.45) is 0.192. The minimum Gasteiger partial charge on any atom is -0.373 e. The third kappa shape index (κ3) is 2.62. The van der Waals surface area contributed by atoms with Gasteiger partial charge in [-0.3, -0.25) is 0 Å². The van der Waals surface area contributed by atoms with Gasteiger partial charge in [-0.25, -0.2) is 0 Å². The number of hydrogen-bond acceptors (Lipinski definition) is 4. The van der Waals surface area contributed by atoms with Gasteiger partial charge >= 0.3 is 5.97 Å². The first kappa shape index (κ1) is 7.94. The molecule has 10 heavy (non-hydrogen) atoms. The van der Waals surface area contributed by atoms with Crippen molar-refractivity contribution in [2.45, 2.75) is 32.0 Å². The van der Waals surface area contributed by atoms with Crippen LogP contribution in [0.4, 0.5) is 0 Å². The highest BCUT2D eigenvalue weighted by Gasteiger charge is 2.50. The summed E-state index contributed by atoms with van der Waals surface area (Å²) in [6.45, 7) is 4.62. The van der Waals surface area contributed by atoms with Gasteiger partial charge in [-0.05, 0) is 13.8 Å². The second-order valence-corrected chi connectivity index (χ2v) is 2.56. The van der Waals surface area contributed by atoms with Gasteiger partial charge in [-0.1, -0.05) is 0 Å². The van der Waals surface area contributed by atoms with Crippen LogP contribution in [0.25, 0.3) is 0 Å². The molecular weight excluding hydrogens is 136 g/mol. The van der Waals surface area contributed by atoms with Gasteiger partial charge in [-0.15, -0.1) is 0 Å². The summed E-state index contributed by atoms with van der Waals surface area (Å²) in [4.78, 5) is 0. The van der Waals surface area contributed by atoms with Crippen molar-refractivity contribution in [2.24, 2.45) is 0 Å². The van der Waals surface area contributed by atoms with Crippen LogP contribution in [-0.4, -0.2) is 35.0 Å². The highest BCUT2D eigenvalue weighted by atomic mass is 16.9. The lowest BCUT2D eigenvalue weighted by Crippen LogP contribution is -2.08. The Hall–Kier alpha value is -0.160. The monoisotopic (exact) mass is 148 g/mol. The van der Waals surface area contributed by atoms with Crippen molar-refractivity contribution < 1.29 is 19.7 Å². The Labute approximate surface area is 59.4 Å². The molecule has 2 unspecified atom stereocenters. The van der Waals surface area contributed by atoms with Crippen LogP contribution in [0, 0.1) is 0 Å². The molecule has 2 saturated heterocycles. The van der Waals surface area contributed by atoms with Crippen molar-refractivity contribution >= 4 is 0 Å². The van der Waals surface area contributed by atoms with Crippen molar-refractivity contribution in [3.63, 3.8) is 0 Å². The van der Waals surface area contributed by atoms with Crippen molar-refractivity contribution in [3.8, 4) is 0 Å². The van der Waals surface area contributed by atoms with Crippen molar-refractivity contribution in [3.05, 3.63) is 0 Å². The predicted molar refractivity (Wildman–Crippen MR) is 33.1 cm³/mol. The molecule has 2 aliphatic heterocycles. The van der Waals surface area contributed by atoms with Gasteiger partial charge < -0.3 is 19.7 Å². The molecule has 2 rings (SSSR count). The highest BCUT2D eigenvalue weighted by Crippen LogP contribution is 2.28. The molecule has 2 N–H and O–H groups in total. The van der Waals surface area contributed by atoms with E-state index in [4.69, 9.17) is 14.9 Å². The normalized spacial score (nSPS) is 39.6. The molecule has 2 fully saturated rings. The summed E-state index contributed by atoms with van der Waals surface area (Å²) in [5.41, 5.74) is 0. The van der Waals surface area contributed by atoms with E-state index in [1.165, 1.54) is 0 Å². The fraction of sp³-hybridized carbons (Fsp3) is 1.00. The summed E-state index contributed by atoms with van der Waals surface area (Å²) >= 11 is 0. The molecule has 0 aromatic carbocycles. The maximum atomic E-state index is 8.23. The van der Waals surface area contributed by atoms with Crippen molar-refractivity contribution in [2.75, 3.05) is 6.61 Å². The second kappa shape index (κ2) is 2.47. The second-order valence-electron chi connectivity index (χ2n) is 2.56. The summed E-state index contributed by atoms with van der Waals surface area (Å²) in [5.74, 6) is -1.79. The molecule has 4 heteroatoms. The Bertz CT molecular complexity index is 119. The van der Waals surface area contributed by atoms with Crippen LogP contribution >= 0.6 is 0 Å². The molecule has 60 valence electrons. The van der Waals surface area contributed by atoms with Gasteiger partial charge in [0.25, 0.3) is 0 Å². The Balaban J connectivity index is 0.000000108. The predicted octanol–water partition coefficient (Wildman–Crippen LogP) is -0.551. The molecule has 4 nitrogen and oxygen atoms in total. The van der Waals surface area contributed by atoms with Crippen LogP contribution in [0.3, 0.4) is 0 Å². The zero-order valence-electron chi connectivity index (χ0n) is 6.07. The third-order valence-corrected chi connectivity index (χ3v) is 1.32. The first-order valence-electron chi connectivity index (χ1n) is 3.26. The molecule has 2 atom stereocenters. The van der Waals surface area contributed by atoms with E-state index in [1.54, 1.807) is 6.92 Å². The van der Waals surface area contributed by atoms with Crippen LogP contribution in [0.15, 0.2) is 0 Å². The Morgan fingerprint density at radius 1 is 1.40 bits per heavy atom. The average molecular weight is 148 g/mol. The lowest BCUT2D eigenvalue weighted by atomic mass is 10.5. The van der Waals surface area contributed by atoms with Gasteiger partial charge in [0.05, 0.1) is 12.7 Å². The highest BCUT2D eigenvalue weighted by molar-refractivity contribution is 4.75. The standard InChI is InChI=1S/C3H6O3.C3H6O/c1-2-3(4,5)6-2;1-3-2-4-3/h2,4-5H,1H3;3H,2H2,1H3. The minimum absolute atomic E-state index is 0.391. The fourth-order valence-corrected chi connectivity index (χ4v) is 0.322. The first-order chi connectivity index (χ1) is 4.52. The van der Waals surface area contributed by atoms with Gasteiger partial charge in [0.2, 0.25) is 0 Å². The SMILES string of the molecule is CC1CO1.CC1OC1(O)O. The molecule has 0 saturated carbocycles. The van der Waals surface area contributed by atoms with E-state index < -0.39 is 12.1 Å². The minimum atomic E-state index is -1.79. The smallest absolute Gasteiger partial charge is 0.306 e. The van der Waals surface area contributed by atoms with Crippen LogP contribution in [0.2, 0.25) is 0 Å². The van der Waals surface area contributed by atoms with Crippen molar-refractivity contribution in [1.82, 2.24) is 0 Å². The van der Waals surface area contributed by atoms with Gasteiger partial charge in [0.1, 0.15) is 6.10 Å². The maximum Gasteiger partial charge on any atom is 0.306 e. The van der Waals surface area contributed by atoms with Crippen molar-refractivity contribution in [1.29, 1.82) is 0 Å². The number of ether oxygens (including phenoxy) is 2. The van der Waals surface area contributed by atoms with Gasteiger partial charge in [0.15, 0.2) is 0 Å². The quantitative estimate of drug-likeness (QED) is 0.357. The lowest BCUT2D eigenvalue weighted by Gasteiger charge is -1.84. The zero-order valence-corrected chi connectivity index (χ0v) is 6.07. The number of hydrogen-bond donors (Lipinski definition) is 2. The average Bonchev–Trinajstić information content (AvgIpc) is 2.59. The summed E-state index contributed by atoms with van der Waals surface area (Å²) in [5, 5.41) is 16.5. The van der Waals surface area contributed by atoms with E-state index in [9.17, 15) is 0 Å². The fourth-order valence-electron chi connectivity index (χ4n) is 0.322. The van der Waals surface area contributed by atoms with E-state index in [0.717, 1.165) is 6.61 Å². The third-order valence-electron chi connectivity index (χ3n) is 1.32. The number of epoxide rings is 2. The van der Waals surface area contributed by atoms with E-state index in [-0.39, 0.29) is 0 Å². The summed E-state index contributed by atoms with van der Waals surface area (Å²) in [6, 6.07) is 0. The molecule has 2 aliphatic rings. The molecule has 0 radical (unpaired) electrons. The van der Waals surface area contributed by atoms with Crippen LogP contribution in [-0.2, 0) is 9.47 Å². The van der Waals surface area contributed by atoms with E-state index >= 15 is 0 Å². The van der Waals surface area contributed by atoms with Crippen LogP contribution in [0.5, 0.6) is 0 Å².